The minimum atomic E-state index is -1.00. The zero-order valence-electron chi connectivity index (χ0n) is 11.5. The molecule has 1 aromatic carbocycles. The standard InChI is InChI=1S/C15H19NO4/c1-16(15(19)12-3-2-4-12)9-11-5-7-13(8-6-11)20-10-14(17)18/h5-8,12H,2-4,9-10H2,1H3,(H,17,18). The van der Waals surface area contributed by atoms with E-state index in [-0.39, 0.29) is 18.4 Å². The average Bonchev–Trinajstić information content (AvgIpc) is 2.35. The number of ether oxygens (including phenoxy) is 1. The summed E-state index contributed by atoms with van der Waals surface area (Å²) in [5.41, 5.74) is 1.00. The third kappa shape index (κ3) is 3.73. The van der Waals surface area contributed by atoms with Crippen LogP contribution in [0.2, 0.25) is 0 Å². The van der Waals surface area contributed by atoms with E-state index in [1.807, 2.05) is 19.2 Å². The lowest BCUT2D eigenvalue weighted by Gasteiger charge is -2.29. The van der Waals surface area contributed by atoms with Gasteiger partial charge in [-0.15, -0.1) is 0 Å². The quantitative estimate of drug-likeness (QED) is 0.862. The van der Waals surface area contributed by atoms with Gasteiger partial charge in [-0.3, -0.25) is 4.79 Å². The van der Waals surface area contributed by atoms with Crippen molar-refractivity contribution in [1.82, 2.24) is 4.90 Å². The summed E-state index contributed by atoms with van der Waals surface area (Å²) in [6.45, 7) is 0.216. The molecule has 0 saturated heterocycles. The van der Waals surface area contributed by atoms with E-state index in [0.717, 1.165) is 24.8 Å². The van der Waals surface area contributed by atoms with E-state index in [2.05, 4.69) is 0 Å². The summed E-state index contributed by atoms with van der Waals surface area (Å²) >= 11 is 0. The highest BCUT2D eigenvalue weighted by Crippen LogP contribution is 2.28. The fraction of sp³-hybridized carbons (Fsp3) is 0.467. The van der Waals surface area contributed by atoms with Crippen LogP contribution >= 0.6 is 0 Å². The molecule has 0 bridgehead atoms. The number of carboxylic acid groups (broad SMARTS) is 1. The molecule has 0 spiro atoms. The van der Waals surface area contributed by atoms with Gasteiger partial charge in [0.15, 0.2) is 6.61 Å². The Morgan fingerprint density at radius 1 is 1.30 bits per heavy atom. The molecule has 0 unspecified atom stereocenters. The molecule has 1 aliphatic carbocycles. The third-order valence-electron chi connectivity index (χ3n) is 3.54. The van der Waals surface area contributed by atoms with Crippen LogP contribution in [-0.4, -0.2) is 35.5 Å². The van der Waals surface area contributed by atoms with Crippen molar-refractivity contribution in [2.45, 2.75) is 25.8 Å². The van der Waals surface area contributed by atoms with Crippen molar-refractivity contribution >= 4 is 11.9 Å². The number of rotatable bonds is 6. The van der Waals surface area contributed by atoms with Crippen molar-refractivity contribution < 1.29 is 19.4 Å². The van der Waals surface area contributed by atoms with Crippen molar-refractivity contribution in [3.8, 4) is 5.75 Å². The highest BCUT2D eigenvalue weighted by atomic mass is 16.5. The zero-order chi connectivity index (χ0) is 14.5. The van der Waals surface area contributed by atoms with Crippen LogP contribution in [0.25, 0.3) is 0 Å². The van der Waals surface area contributed by atoms with Gasteiger partial charge in [0.05, 0.1) is 0 Å². The fourth-order valence-corrected chi connectivity index (χ4v) is 2.15. The van der Waals surface area contributed by atoms with E-state index in [1.165, 1.54) is 0 Å². The number of nitrogens with zero attached hydrogens (tertiary/aromatic N) is 1. The largest absolute Gasteiger partial charge is 0.482 e. The van der Waals surface area contributed by atoms with Crippen LogP contribution in [0.5, 0.6) is 5.75 Å². The van der Waals surface area contributed by atoms with Crippen LogP contribution < -0.4 is 4.74 Å². The minimum absolute atomic E-state index is 0.207. The Morgan fingerprint density at radius 2 is 1.95 bits per heavy atom. The van der Waals surface area contributed by atoms with Crippen molar-refractivity contribution in [3.63, 3.8) is 0 Å². The third-order valence-corrected chi connectivity index (χ3v) is 3.54. The summed E-state index contributed by atoms with van der Waals surface area (Å²) in [5, 5.41) is 8.52. The molecule has 0 heterocycles. The average molecular weight is 277 g/mol. The molecule has 1 aliphatic rings. The molecule has 0 aliphatic heterocycles. The number of carbonyl (C=O) groups excluding carboxylic acids is 1. The van der Waals surface area contributed by atoms with Gasteiger partial charge in [0.1, 0.15) is 5.75 Å². The maximum Gasteiger partial charge on any atom is 0.341 e. The van der Waals surface area contributed by atoms with E-state index < -0.39 is 5.97 Å². The number of carbonyl (C=O) groups is 2. The summed E-state index contributed by atoms with van der Waals surface area (Å²) in [4.78, 5) is 24.1. The summed E-state index contributed by atoms with van der Waals surface area (Å²) in [7, 11) is 1.81. The molecule has 20 heavy (non-hydrogen) atoms. The van der Waals surface area contributed by atoms with Crippen LogP contribution in [0.1, 0.15) is 24.8 Å². The molecular weight excluding hydrogens is 258 g/mol. The minimum Gasteiger partial charge on any atom is -0.482 e. The molecule has 108 valence electrons. The Bertz CT molecular complexity index is 479. The summed E-state index contributed by atoms with van der Waals surface area (Å²) in [5.74, 6) is -0.0651. The number of hydrogen-bond acceptors (Lipinski definition) is 3. The SMILES string of the molecule is CN(Cc1ccc(OCC(=O)O)cc1)C(=O)C1CCC1. The molecule has 1 fully saturated rings. The maximum absolute atomic E-state index is 12.0. The first-order valence-corrected chi connectivity index (χ1v) is 6.75. The molecule has 5 heteroatoms. The zero-order valence-corrected chi connectivity index (χ0v) is 11.5. The van der Waals surface area contributed by atoms with E-state index >= 15 is 0 Å². The van der Waals surface area contributed by atoms with Crippen molar-refractivity contribution in [2.24, 2.45) is 5.92 Å². The first-order chi connectivity index (χ1) is 9.56. The monoisotopic (exact) mass is 277 g/mol. The van der Waals surface area contributed by atoms with Crippen LogP contribution in [0.15, 0.2) is 24.3 Å². The van der Waals surface area contributed by atoms with Gasteiger partial charge in [0, 0.05) is 19.5 Å². The van der Waals surface area contributed by atoms with Crippen molar-refractivity contribution in [1.29, 1.82) is 0 Å². The lowest BCUT2D eigenvalue weighted by Crippen LogP contribution is -2.35. The number of hydrogen-bond donors (Lipinski definition) is 1. The molecule has 1 aromatic rings. The molecule has 5 nitrogen and oxygen atoms in total. The summed E-state index contributed by atoms with van der Waals surface area (Å²) < 4.78 is 5.06. The van der Waals surface area contributed by atoms with Gasteiger partial charge >= 0.3 is 5.97 Å². The van der Waals surface area contributed by atoms with Crippen molar-refractivity contribution in [3.05, 3.63) is 29.8 Å². The predicted octanol–water partition coefficient (Wildman–Crippen LogP) is 1.91. The number of aliphatic carboxylic acids is 1. The van der Waals surface area contributed by atoms with Gasteiger partial charge in [0.25, 0.3) is 0 Å². The van der Waals surface area contributed by atoms with Gasteiger partial charge in [-0.05, 0) is 30.5 Å². The molecular formula is C15H19NO4. The second kappa shape index (κ2) is 6.41. The Balaban J connectivity index is 1.86. The predicted molar refractivity (Wildman–Crippen MR) is 73.4 cm³/mol. The van der Waals surface area contributed by atoms with E-state index in [9.17, 15) is 9.59 Å². The maximum atomic E-state index is 12.0. The molecule has 0 radical (unpaired) electrons. The fourth-order valence-electron chi connectivity index (χ4n) is 2.15. The van der Waals surface area contributed by atoms with Crippen LogP contribution in [0.3, 0.4) is 0 Å². The van der Waals surface area contributed by atoms with Crippen molar-refractivity contribution in [2.75, 3.05) is 13.7 Å². The highest BCUT2D eigenvalue weighted by molar-refractivity contribution is 5.79. The number of carboxylic acids is 1. The first-order valence-electron chi connectivity index (χ1n) is 6.75. The van der Waals surface area contributed by atoms with Gasteiger partial charge in [0.2, 0.25) is 5.91 Å². The molecule has 1 saturated carbocycles. The summed E-state index contributed by atoms with van der Waals surface area (Å²) in [6.07, 6.45) is 3.16. The second-order valence-corrected chi connectivity index (χ2v) is 5.15. The topological polar surface area (TPSA) is 66.8 Å². The van der Waals surface area contributed by atoms with E-state index in [1.54, 1.807) is 17.0 Å². The molecule has 1 N–H and O–H groups in total. The van der Waals surface area contributed by atoms with E-state index in [4.69, 9.17) is 9.84 Å². The Morgan fingerprint density at radius 3 is 2.45 bits per heavy atom. The van der Waals surface area contributed by atoms with Gasteiger partial charge in [-0.2, -0.15) is 0 Å². The molecule has 2 rings (SSSR count). The number of benzene rings is 1. The smallest absolute Gasteiger partial charge is 0.341 e. The van der Waals surface area contributed by atoms with Gasteiger partial charge < -0.3 is 14.7 Å². The Kier molecular flexibility index (Phi) is 4.61. The molecule has 0 aromatic heterocycles. The first kappa shape index (κ1) is 14.4. The molecule has 1 amide bonds. The highest BCUT2D eigenvalue weighted by Gasteiger charge is 2.27. The van der Waals surface area contributed by atoms with Crippen LogP contribution in [0, 0.1) is 5.92 Å². The van der Waals surface area contributed by atoms with Gasteiger partial charge in [-0.25, -0.2) is 4.79 Å². The lowest BCUT2D eigenvalue weighted by molar-refractivity contribution is -0.139. The normalized spacial score (nSPS) is 14.4. The molecule has 0 atom stereocenters. The summed E-state index contributed by atoms with van der Waals surface area (Å²) in [6, 6.07) is 7.14. The van der Waals surface area contributed by atoms with E-state index in [0.29, 0.717) is 12.3 Å². The second-order valence-electron chi connectivity index (χ2n) is 5.15. The number of amides is 1. The van der Waals surface area contributed by atoms with Crippen LogP contribution in [-0.2, 0) is 16.1 Å². The van der Waals surface area contributed by atoms with Gasteiger partial charge in [-0.1, -0.05) is 18.6 Å². The Labute approximate surface area is 118 Å². The lowest BCUT2D eigenvalue weighted by atomic mass is 9.84. The van der Waals surface area contributed by atoms with Crippen LogP contribution in [0.4, 0.5) is 0 Å². The Hall–Kier alpha value is -2.04.